The summed E-state index contributed by atoms with van der Waals surface area (Å²) in [5.74, 6) is 0.845. The SMILES string of the molecule is CCN(C(C)COC)C(CN)c1cc(OC)ccc1Br. The predicted molar refractivity (Wildman–Crippen MR) is 86.2 cm³/mol. The molecule has 5 heteroatoms. The molecule has 0 aliphatic rings. The number of benzene rings is 1. The Morgan fingerprint density at radius 1 is 1.35 bits per heavy atom. The van der Waals surface area contributed by atoms with Crippen LogP contribution < -0.4 is 10.5 Å². The maximum Gasteiger partial charge on any atom is 0.119 e. The minimum absolute atomic E-state index is 0.134. The fourth-order valence-corrected chi connectivity index (χ4v) is 3.03. The minimum atomic E-state index is 0.134. The Balaban J connectivity index is 3.09. The molecular weight excluding hydrogens is 320 g/mol. The highest BCUT2D eigenvalue weighted by Crippen LogP contribution is 2.31. The van der Waals surface area contributed by atoms with Crippen molar-refractivity contribution in [3.63, 3.8) is 0 Å². The molecule has 2 atom stereocenters. The molecule has 0 aliphatic heterocycles. The van der Waals surface area contributed by atoms with Crippen LogP contribution in [-0.2, 0) is 4.74 Å². The number of methoxy groups -OCH3 is 2. The van der Waals surface area contributed by atoms with Crippen molar-refractivity contribution >= 4 is 15.9 Å². The Morgan fingerprint density at radius 3 is 2.55 bits per heavy atom. The zero-order chi connectivity index (χ0) is 15.1. The summed E-state index contributed by atoms with van der Waals surface area (Å²) in [7, 11) is 3.40. The molecule has 20 heavy (non-hydrogen) atoms. The van der Waals surface area contributed by atoms with Gasteiger partial charge in [-0.3, -0.25) is 4.90 Å². The molecule has 0 radical (unpaired) electrons. The molecule has 0 aliphatic carbocycles. The van der Waals surface area contributed by atoms with Crippen LogP contribution in [0.2, 0.25) is 0 Å². The number of hydrogen-bond donors (Lipinski definition) is 1. The molecule has 0 spiro atoms. The Bertz CT molecular complexity index is 415. The van der Waals surface area contributed by atoms with Crippen LogP contribution in [0.5, 0.6) is 5.75 Å². The summed E-state index contributed by atoms with van der Waals surface area (Å²) in [5, 5.41) is 0. The minimum Gasteiger partial charge on any atom is -0.497 e. The third-order valence-electron chi connectivity index (χ3n) is 3.52. The van der Waals surface area contributed by atoms with Crippen LogP contribution in [0, 0.1) is 0 Å². The van der Waals surface area contributed by atoms with Crippen molar-refractivity contribution < 1.29 is 9.47 Å². The van der Waals surface area contributed by atoms with Gasteiger partial charge in [0, 0.05) is 30.2 Å². The van der Waals surface area contributed by atoms with Gasteiger partial charge in [-0.05, 0) is 37.2 Å². The summed E-state index contributed by atoms with van der Waals surface area (Å²) in [6.07, 6.45) is 0. The highest BCUT2D eigenvalue weighted by atomic mass is 79.9. The molecule has 2 N–H and O–H groups in total. The molecule has 2 unspecified atom stereocenters. The van der Waals surface area contributed by atoms with E-state index < -0.39 is 0 Å². The van der Waals surface area contributed by atoms with Gasteiger partial charge in [0.05, 0.1) is 13.7 Å². The molecule has 0 bridgehead atoms. The normalized spacial score (nSPS) is 14.3. The van der Waals surface area contributed by atoms with Gasteiger partial charge in [0.1, 0.15) is 5.75 Å². The Labute approximate surface area is 130 Å². The second-order valence-electron chi connectivity index (χ2n) is 4.77. The molecule has 114 valence electrons. The first-order valence-corrected chi connectivity index (χ1v) is 7.66. The van der Waals surface area contributed by atoms with E-state index in [4.69, 9.17) is 15.2 Å². The highest BCUT2D eigenvalue weighted by Gasteiger charge is 2.24. The van der Waals surface area contributed by atoms with Crippen molar-refractivity contribution in [3.8, 4) is 5.75 Å². The average Bonchev–Trinajstić information content (AvgIpc) is 2.45. The summed E-state index contributed by atoms with van der Waals surface area (Å²) in [4.78, 5) is 2.35. The van der Waals surface area contributed by atoms with Crippen LogP contribution in [0.1, 0.15) is 25.5 Å². The van der Waals surface area contributed by atoms with Crippen LogP contribution in [0.25, 0.3) is 0 Å². The van der Waals surface area contributed by atoms with Gasteiger partial charge in [-0.2, -0.15) is 0 Å². The van der Waals surface area contributed by atoms with Gasteiger partial charge in [-0.1, -0.05) is 22.9 Å². The zero-order valence-electron chi connectivity index (χ0n) is 12.7. The maximum atomic E-state index is 6.03. The molecule has 0 amide bonds. The fourth-order valence-electron chi connectivity index (χ4n) is 2.52. The third kappa shape index (κ3) is 4.19. The summed E-state index contributed by atoms with van der Waals surface area (Å²) in [6.45, 7) is 6.45. The Morgan fingerprint density at radius 2 is 2.05 bits per heavy atom. The number of rotatable bonds is 8. The van der Waals surface area contributed by atoms with Crippen LogP contribution >= 0.6 is 15.9 Å². The topological polar surface area (TPSA) is 47.7 Å². The summed E-state index contributed by atoms with van der Waals surface area (Å²) in [6, 6.07) is 6.43. The Hall–Kier alpha value is -0.620. The van der Waals surface area contributed by atoms with Gasteiger partial charge in [-0.25, -0.2) is 0 Å². The highest BCUT2D eigenvalue weighted by molar-refractivity contribution is 9.10. The van der Waals surface area contributed by atoms with Crippen molar-refractivity contribution in [3.05, 3.63) is 28.2 Å². The van der Waals surface area contributed by atoms with Crippen molar-refractivity contribution in [1.82, 2.24) is 4.90 Å². The van der Waals surface area contributed by atoms with Gasteiger partial charge in [0.2, 0.25) is 0 Å². The fraction of sp³-hybridized carbons (Fsp3) is 0.600. The first-order valence-electron chi connectivity index (χ1n) is 6.87. The van der Waals surface area contributed by atoms with E-state index in [0.29, 0.717) is 19.2 Å². The lowest BCUT2D eigenvalue weighted by atomic mass is 10.0. The van der Waals surface area contributed by atoms with Gasteiger partial charge in [0.15, 0.2) is 0 Å². The van der Waals surface area contributed by atoms with E-state index in [1.807, 2.05) is 18.2 Å². The van der Waals surface area contributed by atoms with Crippen molar-refractivity contribution in [2.75, 3.05) is 33.9 Å². The number of nitrogens with two attached hydrogens (primary N) is 1. The first kappa shape index (κ1) is 17.4. The molecule has 4 nitrogen and oxygen atoms in total. The molecule has 0 fully saturated rings. The van der Waals surface area contributed by atoms with Crippen LogP contribution in [0.3, 0.4) is 0 Å². The average molecular weight is 345 g/mol. The van der Waals surface area contributed by atoms with Crippen molar-refractivity contribution in [1.29, 1.82) is 0 Å². The number of likely N-dealkylation sites (N-methyl/N-ethyl adjacent to an activating group) is 1. The van der Waals surface area contributed by atoms with E-state index in [2.05, 4.69) is 34.7 Å². The lowest BCUT2D eigenvalue weighted by Crippen LogP contribution is -2.42. The summed E-state index contributed by atoms with van der Waals surface area (Å²) >= 11 is 3.62. The van der Waals surface area contributed by atoms with Crippen molar-refractivity contribution in [2.45, 2.75) is 25.9 Å². The summed E-state index contributed by atoms with van der Waals surface area (Å²) in [5.41, 5.74) is 7.18. The van der Waals surface area contributed by atoms with Crippen LogP contribution in [0.4, 0.5) is 0 Å². The number of nitrogens with zero attached hydrogens (tertiary/aromatic N) is 1. The molecule has 0 saturated carbocycles. The first-order chi connectivity index (χ1) is 9.58. The van der Waals surface area contributed by atoms with E-state index in [1.54, 1.807) is 14.2 Å². The molecule has 1 aromatic carbocycles. The van der Waals surface area contributed by atoms with Gasteiger partial charge in [-0.15, -0.1) is 0 Å². The number of hydrogen-bond acceptors (Lipinski definition) is 4. The third-order valence-corrected chi connectivity index (χ3v) is 4.25. The molecule has 0 saturated heterocycles. The van der Waals surface area contributed by atoms with E-state index in [0.717, 1.165) is 22.3 Å². The monoisotopic (exact) mass is 344 g/mol. The van der Waals surface area contributed by atoms with E-state index in [-0.39, 0.29) is 6.04 Å². The van der Waals surface area contributed by atoms with Crippen molar-refractivity contribution in [2.24, 2.45) is 5.73 Å². The lowest BCUT2D eigenvalue weighted by molar-refractivity contribution is 0.0748. The van der Waals surface area contributed by atoms with E-state index >= 15 is 0 Å². The molecular formula is C15H25BrN2O2. The summed E-state index contributed by atoms with van der Waals surface area (Å²) < 4.78 is 11.6. The molecule has 1 aromatic rings. The number of halogens is 1. The quantitative estimate of drug-likeness (QED) is 0.787. The smallest absolute Gasteiger partial charge is 0.119 e. The van der Waals surface area contributed by atoms with Crippen LogP contribution in [0.15, 0.2) is 22.7 Å². The zero-order valence-corrected chi connectivity index (χ0v) is 14.3. The molecule has 0 heterocycles. The van der Waals surface area contributed by atoms with E-state index in [9.17, 15) is 0 Å². The largest absolute Gasteiger partial charge is 0.497 e. The maximum absolute atomic E-state index is 6.03. The standard InChI is InChI=1S/C15H25BrN2O2/c1-5-18(11(2)10-19-3)15(9-17)13-8-12(20-4)6-7-14(13)16/h6-8,11,15H,5,9-10,17H2,1-4H3. The van der Waals surface area contributed by atoms with Gasteiger partial charge in [0.25, 0.3) is 0 Å². The second kappa shape index (κ2) is 8.62. The number of ether oxygens (including phenoxy) is 2. The lowest BCUT2D eigenvalue weighted by Gasteiger charge is -2.35. The van der Waals surface area contributed by atoms with Crippen LogP contribution in [-0.4, -0.2) is 44.9 Å². The Kier molecular flexibility index (Phi) is 7.51. The predicted octanol–water partition coefficient (Wildman–Crippen LogP) is 2.81. The van der Waals surface area contributed by atoms with Gasteiger partial charge >= 0.3 is 0 Å². The van der Waals surface area contributed by atoms with E-state index in [1.165, 1.54) is 0 Å². The second-order valence-corrected chi connectivity index (χ2v) is 5.63. The molecule has 0 aromatic heterocycles. The van der Waals surface area contributed by atoms with Gasteiger partial charge < -0.3 is 15.2 Å². The molecule has 1 rings (SSSR count).